The average molecular weight is 469 g/mol. The topological polar surface area (TPSA) is 103 Å². The van der Waals surface area contributed by atoms with E-state index in [-0.39, 0.29) is 29.5 Å². The Morgan fingerprint density at radius 2 is 1.88 bits per heavy atom. The van der Waals surface area contributed by atoms with E-state index in [4.69, 9.17) is 4.74 Å². The number of rotatable bonds is 3. The number of nitrogens with one attached hydrogen (secondary N) is 1. The highest BCUT2D eigenvalue weighted by Crippen LogP contribution is 2.53. The van der Waals surface area contributed by atoms with Crippen molar-refractivity contribution in [2.24, 2.45) is 18.4 Å². The highest BCUT2D eigenvalue weighted by atomic mass is 16.6. The number of imide groups is 1. The summed E-state index contributed by atoms with van der Waals surface area (Å²) in [4.78, 5) is 51.2. The average Bonchev–Trinajstić information content (AvgIpc) is 2.93. The van der Waals surface area contributed by atoms with Gasteiger partial charge in [-0.3, -0.25) is 24.0 Å². The fraction of sp³-hybridized carbons (Fsp3) is 0.600. The number of amides is 3. The molecule has 5 rings (SSSR count). The van der Waals surface area contributed by atoms with Gasteiger partial charge in [0.15, 0.2) is 0 Å². The predicted octanol–water partition coefficient (Wildman–Crippen LogP) is 2.51. The minimum atomic E-state index is -0.676. The lowest BCUT2D eigenvalue weighted by Crippen LogP contribution is -2.64. The first-order valence-electron chi connectivity index (χ1n) is 12.0. The zero-order valence-electron chi connectivity index (χ0n) is 20.2. The van der Waals surface area contributed by atoms with Crippen LogP contribution in [0, 0.1) is 11.3 Å². The van der Waals surface area contributed by atoms with Crippen LogP contribution < -0.4 is 11.0 Å². The Morgan fingerprint density at radius 1 is 1.18 bits per heavy atom. The van der Waals surface area contributed by atoms with Crippen molar-refractivity contribution >= 4 is 28.9 Å². The molecule has 2 aromatic rings. The molecule has 1 aromatic carbocycles. The maximum absolute atomic E-state index is 13.1. The van der Waals surface area contributed by atoms with Crippen molar-refractivity contribution in [3.05, 3.63) is 34.2 Å². The Bertz CT molecular complexity index is 1240. The first kappa shape index (κ1) is 22.7. The SMILES string of the molecule is Cn1c(=O)n(C2CCC(=O)NC2=O)c2cccc(CC3CC4(C3)CN(C(=O)OC(C)(C)C)C4)c21. The minimum Gasteiger partial charge on any atom is -0.444 e. The number of imidazole rings is 1. The summed E-state index contributed by atoms with van der Waals surface area (Å²) >= 11 is 0. The molecule has 2 saturated heterocycles. The number of para-hydroxylation sites is 1. The van der Waals surface area contributed by atoms with Crippen LogP contribution in [0.1, 0.15) is 58.1 Å². The molecule has 0 bridgehead atoms. The van der Waals surface area contributed by atoms with Gasteiger partial charge in [-0.15, -0.1) is 0 Å². The predicted molar refractivity (Wildman–Crippen MR) is 125 cm³/mol. The third-order valence-corrected chi connectivity index (χ3v) is 7.36. The molecule has 1 aromatic heterocycles. The molecule has 34 heavy (non-hydrogen) atoms. The van der Waals surface area contributed by atoms with Crippen LogP contribution in [0.25, 0.3) is 11.0 Å². The number of aryl methyl sites for hydroxylation is 1. The van der Waals surface area contributed by atoms with E-state index >= 15 is 0 Å². The Labute approximate surface area is 198 Å². The van der Waals surface area contributed by atoms with Crippen molar-refractivity contribution in [1.82, 2.24) is 19.4 Å². The van der Waals surface area contributed by atoms with Crippen LogP contribution in [-0.4, -0.2) is 50.6 Å². The van der Waals surface area contributed by atoms with E-state index in [1.807, 2.05) is 32.9 Å². The third-order valence-electron chi connectivity index (χ3n) is 7.36. The monoisotopic (exact) mass is 468 g/mol. The number of benzene rings is 1. The van der Waals surface area contributed by atoms with E-state index in [9.17, 15) is 19.2 Å². The number of ether oxygens (including phenoxy) is 1. The van der Waals surface area contributed by atoms with Gasteiger partial charge in [0.1, 0.15) is 11.6 Å². The number of fused-ring (bicyclic) bond motifs is 1. The van der Waals surface area contributed by atoms with Gasteiger partial charge >= 0.3 is 11.8 Å². The molecule has 0 radical (unpaired) electrons. The summed E-state index contributed by atoms with van der Waals surface area (Å²) < 4.78 is 8.63. The fourth-order valence-electron chi connectivity index (χ4n) is 6.01. The summed E-state index contributed by atoms with van der Waals surface area (Å²) in [5.41, 5.74) is 2.14. The molecule has 9 heteroatoms. The number of hydrogen-bond donors (Lipinski definition) is 1. The molecular weight excluding hydrogens is 436 g/mol. The molecule has 1 saturated carbocycles. The molecule has 3 fully saturated rings. The van der Waals surface area contributed by atoms with Crippen LogP contribution in [0.3, 0.4) is 0 Å². The van der Waals surface area contributed by atoms with Crippen LogP contribution in [-0.2, 0) is 27.8 Å². The number of nitrogens with zero attached hydrogens (tertiary/aromatic N) is 3. The molecule has 1 spiro atoms. The zero-order chi connectivity index (χ0) is 24.4. The Kier molecular flexibility index (Phi) is 5.15. The van der Waals surface area contributed by atoms with Crippen LogP contribution in [0.5, 0.6) is 0 Å². The van der Waals surface area contributed by atoms with Crippen molar-refractivity contribution in [1.29, 1.82) is 0 Å². The first-order valence-corrected chi connectivity index (χ1v) is 12.0. The highest BCUT2D eigenvalue weighted by molar-refractivity contribution is 6.00. The van der Waals surface area contributed by atoms with Crippen molar-refractivity contribution < 1.29 is 19.1 Å². The van der Waals surface area contributed by atoms with Gasteiger partial charge in [-0.2, -0.15) is 0 Å². The summed E-state index contributed by atoms with van der Waals surface area (Å²) in [6, 6.07) is 5.18. The largest absolute Gasteiger partial charge is 0.444 e. The van der Waals surface area contributed by atoms with E-state index in [0.29, 0.717) is 12.3 Å². The molecule has 9 nitrogen and oxygen atoms in total. The quantitative estimate of drug-likeness (QED) is 0.698. The molecule has 3 aliphatic rings. The normalized spacial score (nSPS) is 22.5. The summed E-state index contributed by atoms with van der Waals surface area (Å²) in [7, 11) is 1.74. The molecular formula is C25H32N4O5. The van der Waals surface area contributed by atoms with Gasteiger partial charge in [0.05, 0.1) is 11.0 Å². The van der Waals surface area contributed by atoms with Crippen molar-refractivity contribution in [3.63, 3.8) is 0 Å². The lowest BCUT2D eigenvalue weighted by Gasteiger charge is -2.59. The van der Waals surface area contributed by atoms with Crippen LogP contribution in [0.2, 0.25) is 0 Å². The number of hydrogen-bond acceptors (Lipinski definition) is 5. The lowest BCUT2D eigenvalue weighted by molar-refractivity contribution is -0.135. The van der Waals surface area contributed by atoms with Gasteiger partial charge < -0.3 is 9.64 Å². The van der Waals surface area contributed by atoms with Gasteiger partial charge in [0.2, 0.25) is 11.8 Å². The molecule has 2 aliphatic heterocycles. The zero-order valence-corrected chi connectivity index (χ0v) is 20.2. The number of carbonyl (C=O) groups is 3. The Balaban J connectivity index is 1.29. The lowest BCUT2D eigenvalue weighted by atomic mass is 9.56. The summed E-state index contributed by atoms with van der Waals surface area (Å²) in [6.07, 6.45) is 3.25. The minimum absolute atomic E-state index is 0.194. The number of piperidine rings is 1. The second kappa shape index (κ2) is 7.71. The van der Waals surface area contributed by atoms with Gasteiger partial charge in [0, 0.05) is 32.0 Å². The second-order valence-electron chi connectivity index (χ2n) is 11.3. The summed E-state index contributed by atoms with van der Waals surface area (Å²) in [5, 5.41) is 2.36. The molecule has 3 heterocycles. The summed E-state index contributed by atoms with van der Waals surface area (Å²) in [5.74, 6) is -0.229. The second-order valence-corrected chi connectivity index (χ2v) is 11.3. The number of likely N-dealkylation sites (tertiary alicyclic amines) is 1. The molecule has 1 unspecified atom stereocenters. The van der Waals surface area contributed by atoms with Crippen LogP contribution >= 0.6 is 0 Å². The van der Waals surface area contributed by atoms with Crippen molar-refractivity contribution in [3.8, 4) is 0 Å². The Morgan fingerprint density at radius 3 is 2.53 bits per heavy atom. The van der Waals surface area contributed by atoms with Crippen LogP contribution in [0.4, 0.5) is 4.79 Å². The van der Waals surface area contributed by atoms with Crippen molar-refractivity contribution in [2.75, 3.05) is 13.1 Å². The molecule has 1 atom stereocenters. The van der Waals surface area contributed by atoms with E-state index in [1.54, 1.807) is 16.5 Å². The fourth-order valence-corrected chi connectivity index (χ4v) is 6.01. The maximum Gasteiger partial charge on any atom is 0.410 e. The van der Waals surface area contributed by atoms with Gasteiger partial charge in [-0.1, -0.05) is 12.1 Å². The van der Waals surface area contributed by atoms with E-state index in [2.05, 4.69) is 11.4 Å². The molecule has 1 aliphatic carbocycles. The van der Waals surface area contributed by atoms with Gasteiger partial charge in [-0.25, -0.2) is 9.59 Å². The molecule has 1 N–H and O–H groups in total. The number of carbonyl (C=O) groups excluding carboxylic acids is 3. The first-order chi connectivity index (χ1) is 16.0. The maximum atomic E-state index is 13.1. The van der Waals surface area contributed by atoms with E-state index < -0.39 is 17.6 Å². The number of aromatic nitrogens is 2. The molecule has 3 amide bonds. The van der Waals surface area contributed by atoms with E-state index in [1.165, 1.54) is 4.57 Å². The third kappa shape index (κ3) is 3.80. The highest BCUT2D eigenvalue weighted by Gasteiger charge is 2.54. The van der Waals surface area contributed by atoms with E-state index in [0.717, 1.165) is 48.9 Å². The molecule has 182 valence electrons. The van der Waals surface area contributed by atoms with Crippen molar-refractivity contribution in [2.45, 2.75) is 64.5 Å². The Hall–Kier alpha value is -3.10. The smallest absolute Gasteiger partial charge is 0.410 e. The van der Waals surface area contributed by atoms with Gasteiger partial charge in [-0.05, 0) is 64.0 Å². The summed E-state index contributed by atoms with van der Waals surface area (Å²) in [6.45, 7) is 7.11. The van der Waals surface area contributed by atoms with Gasteiger partial charge in [0.25, 0.3) is 0 Å². The standard InChI is InChI=1S/C25H32N4O5/c1-24(2,3)34-23(33)28-13-25(14-28)11-15(12-25)10-16-6-5-7-17-20(16)27(4)22(32)29(17)18-8-9-19(30)26-21(18)31/h5-7,15,18H,8-14H2,1-4H3,(H,26,30,31). The van der Waals surface area contributed by atoms with Crippen LogP contribution in [0.15, 0.2) is 23.0 Å².